The summed E-state index contributed by atoms with van der Waals surface area (Å²) in [6.07, 6.45) is 9.19. The van der Waals surface area contributed by atoms with Crippen LogP contribution < -0.4 is 15.9 Å². The fourth-order valence-electron chi connectivity index (χ4n) is 5.09. The van der Waals surface area contributed by atoms with Crippen molar-refractivity contribution in [3.63, 3.8) is 0 Å². The predicted octanol–water partition coefficient (Wildman–Crippen LogP) is 6.55. The summed E-state index contributed by atoms with van der Waals surface area (Å²) < 4.78 is 12.4. The van der Waals surface area contributed by atoms with Crippen molar-refractivity contribution < 1.29 is 9.84 Å². The minimum atomic E-state index is -0.119. The number of rotatable bonds is 4. The maximum atomic E-state index is 12.6. The molecule has 4 heterocycles. The predicted molar refractivity (Wildman–Crippen MR) is 163 cm³/mol. The number of fused-ring (bicyclic) bond motifs is 2. The number of nitrogens with zero attached hydrogens (tertiary/aromatic N) is 4. The molecule has 0 saturated heterocycles. The smallest absolute Gasteiger partial charge is 0.276 e. The van der Waals surface area contributed by atoms with Crippen LogP contribution in [0.25, 0.3) is 22.3 Å². The van der Waals surface area contributed by atoms with Crippen molar-refractivity contribution in [1.82, 2.24) is 18.7 Å². The van der Waals surface area contributed by atoms with Gasteiger partial charge in [0.15, 0.2) is 0 Å². The zero-order valence-electron chi connectivity index (χ0n) is 21.9. The third-order valence-corrected chi connectivity index (χ3v) is 8.49. The number of ether oxygens (including phenoxy) is 1. The van der Waals surface area contributed by atoms with E-state index in [1.807, 2.05) is 4.68 Å². The molecule has 0 unspecified atom stereocenters. The van der Waals surface area contributed by atoms with Gasteiger partial charge in [0, 0.05) is 26.2 Å². The summed E-state index contributed by atoms with van der Waals surface area (Å²) >= 11 is 24.6. The minimum absolute atomic E-state index is 0.0520. The quantitative estimate of drug-likeness (QED) is 0.258. The summed E-state index contributed by atoms with van der Waals surface area (Å²) in [6, 6.07) is 9.87. The van der Waals surface area contributed by atoms with Crippen molar-refractivity contribution in [2.45, 2.75) is 51.9 Å². The topological polar surface area (TPSA) is 83.3 Å². The molecule has 0 radical (unpaired) electrons. The highest BCUT2D eigenvalue weighted by atomic mass is 35.5. The molecule has 2 aliphatic rings. The average molecular weight is 636 g/mol. The molecule has 0 spiro atoms. The molecule has 8 nitrogen and oxygen atoms in total. The van der Waals surface area contributed by atoms with E-state index in [0.29, 0.717) is 56.4 Å². The second-order valence-corrected chi connectivity index (χ2v) is 11.2. The number of benzene rings is 2. The van der Waals surface area contributed by atoms with E-state index in [9.17, 15) is 14.7 Å². The molecule has 1 N–H and O–H groups in total. The first-order chi connectivity index (χ1) is 19.7. The minimum Gasteiger partial charge on any atom is -0.506 e. The molecule has 0 atom stereocenters. The van der Waals surface area contributed by atoms with Gasteiger partial charge in [-0.1, -0.05) is 64.5 Å². The van der Waals surface area contributed by atoms with Crippen molar-refractivity contribution in [1.29, 1.82) is 0 Å². The first-order valence-electron chi connectivity index (χ1n) is 13.1. The third-order valence-electron chi connectivity index (χ3n) is 7.09. The van der Waals surface area contributed by atoms with Gasteiger partial charge in [-0.2, -0.15) is 0 Å². The van der Waals surface area contributed by atoms with E-state index in [1.165, 1.54) is 6.07 Å². The van der Waals surface area contributed by atoms with Crippen LogP contribution in [-0.4, -0.2) is 30.4 Å². The number of halogens is 4. The van der Waals surface area contributed by atoms with Crippen molar-refractivity contribution in [3.05, 3.63) is 77.5 Å². The van der Waals surface area contributed by atoms with E-state index in [-0.39, 0.29) is 28.5 Å². The second kappa shape index (κ2) is 12.3. The van der Waals surface area contributed by atoms with Crippen molar-refractivity contribution in [2.75, 3.05) is 6.61 Å². The van der Waals surface area contributed by atoms with Gasteiger partial charge < -0.3 is 9.84 Å². The molecule has 0 fully saturated rings. The molecule has 2 aromatic heterocycles. The summed E-state index contributed by atoms with van der Waals surface area (Å²) in [4.78, 5) is 25.0. The van der Waals surface area contributed by atoms with Gasteiger partial charge in [-0.15, -0.1) is 6.42 Å². The lowest BCUT2D eigenvalue weighted by Gasteiger charge is -2.17. The standard InChI is InChI=1S/C16H14Cl2N2O2.C13H12Cl2N2O2/c1-2-9-22-13-10-11(5-6-12(13)17)14-15(18)19-7-3-4-8-20(19)16(14)21;14-9-4-3-8(7-10(9)18)11-12(15)16-5-1-2-6-17(16)13(11)19/h1,5-6,10H,3-4,7-9H2;3-4,7,18H,1-2,5-6H2. The maximum absolute atomic E-state index is 12.6. The number of terminal acetylenes is 1. The molecule has 0 bridgehead atoms. The Morgan fingerprint density at radius 1 is 0.732 bits per heavy atom. The Kier molecular flexibility index (Phi) is 8.81. The monoisotopic (exact) mass is 634 g/mol. The Hall–Kier alpha value is -3.22. The fourth-order valence-corrected chi connectivity index (χ4v) is 6.12. The molecule has 6 rings (SSSR count). The molecule has 0 aliphatic carbocycles. The van der Waals surface area contributed by atoms with Crippen LogP contribution >= 0.6 is 46.4 Å². The van der Waals surface area contributed by atoms with E-state index < -0.39 is 0 Å². The molecule has 214 valence electrons. The van der Waals surface area contributed by atoms with Crippen LogP contribution in [0, 0.1) is 12.3 Å². The van der Waals surface area contributed by atoms with E-state index in [0.717, 1.165) is 38.8 Å². The van der Waals surface area contributed by atoms with Crippen molar-refractivity contribution >= 4 is 46.4 Å². The van der Waals surface area contributed by atoms with Crippen molar-refractivity contribution in [3.8, 4) is 46.1 Å². The third kappa shape index (κ3) is 5.64. The summed E-state index contributed by atoms with van der Waals surface area (Å²) in [5, 5.41) is 11.2. The molecule has 2 aromatic carbocycles. The van der Waals surface area contributed by atoms with Crippen LogP contribution in [0.4, 0.5) is 0 Å². The first kappa shape index (κ1) is 29.3. The van der Waals surface area contributed by atoms with Gasteiger partial charge in [0.2, 0.25) is 0 Å². The molecule has 2 aliphatic heterocycles. The van der Waals surface area contributed by atoms with E-state index in [1.54, 1.807) is 44.4 Å². The second-order valence-electron chi connectivity index (χ2n) is 9.65. The van der Waals surface area contributed by atoms with Gasteiger partial charge >= 0.3 is 0 Å². The van der Waals surface area contributed by atoms with E-state index in [4.69, 9.17) is 57.6 Å². The average Bonchev–Trinajstić information content (AvgIpc) is 3.39. The van der Waals surface area contributed by atoms with Crippen LogP contribution in [-0.2, 0) is 26.2 Å². The summed E-state index contributed by atoms with van der Waals surface area (Å²) in [5.74, 6) is 2.78. The normalized spacial score (nSPS) is 13.9. The van der Waals surface area contributed by atoms with Gasteiger partial charge in [0.1, 0.15) is 28.4 Å². The number of phenolic OH excluding ortho intramolecular Hbond substituents is 1. The number of hydrogen-bond acceptors (Lipinski definition) is 4. The lowest BCUT2D eigenvalue weighted by Crippen LogP contribution is -2.27. The number of hydrogen-bond donors (Lipinski definition) is 1. The highest BCUT2D eigenvalue weighted by Crippen LogP contribution is 2.34. The number of phenols is 1. The van der Waals surface area contributed by atoms with Crippen LogP contribution in [0.5, 0.6) is 11.5 Å². The van der Waals surface area contributed by atoms with Crippen LogP contribution in [0.1, 0.15) is 25.7 Å². The van der Waals surface area contributed by atoms with Gasteiger partial charge in [0.05, 0.1) is 21.2 Å². The van der Waals surface area contributed by atoms with Crippen molar-refractivity contribution in [2.24, 2.45) is 0 Å². The Morgan fingerprint density at radius 2 is 1.20 bits per heavy atom. The Morgan fingerprint density at radius 3 is 1.66 bits per heavy atom. The lowest BCUT2D eigenvalue weighted by atomic mass is 10.1. The molecular weight excluding hydrogens is 610 g/mol. The molecule has 4 aromatic rings. The largest absolute Gasteiger partial charge is 0.506 e. The lowest BCUT2D eigenvalue weighted by molar-refractivity contribution is 0.356. The molecular formula is C29H26Cl4N4O4. The van der Waals surface area contributed by atoms with Gasteiger partial charge in [-0.25, -0.2) is 9.36 Å². The molecule has 41 heavy (non-hydrogen) atoms. The van der Waals surface area contributed by atoms with Crippen LogP contribution in [0.2, 0.25) is 20.4 Å². The Labute approximate surface area is 256 Å². The van der Waals surface area contributed by atoms with E-state index >= 15 is 0 Å². The molecule has 12 heteroatoms. The van der Waals surface area contributed by atoms with E-state index in [2.05, 4.69) is 5.92 Å². The van der Waals surface area contributed by atoms with Gasteiger partial charge in [0.25, 0.3) is 11.1 Å². The highest BCUT2D eigenvalue weighted by molar-refractivity contribution is 6.33. The fraction of sp³-hybridized carbons (Fsp3) is 0.310. The van der Waals surface area contributed by atoms with Crippen LogP contribution in [0.3, 0.4) is 0 Å². The van der Waals surface area contributed by atoms with Gasteiger partial charge in [-0.05, 0) is 61.1 Å². The zero-order valence-corrected chi connectivity index (χ0v) is 24.9. The molecule has 0 saturated carbocycles. The number of aromatic nitrogens is 4. The van der Waals surface area contributed by atoms with Crippen LogP contribution in [0.15, 0.2) is 46.0 Å². The zero-order chi connectivity index (χ0) is 29.3. The number of aromatic hydroxyl groups is 1. The first-order valence-corrected chi connectivity index (χ1v) is 14.6. The summed E-state index contributed by atoms with van der Waals surface area (Å²) in [5.41, 5.74) is 1.97. The Bertz CT molecular complexity index is 1780. The molecule has 0 amide bonds. The summed E-state index contributed by atoms with van der Waals surface area (Å²) in [6.45, 7) is 2.97. The SMILES string of the molecule is C#CCOc1cc(-c2c(Cl)n3n(c2=O)CCCC3)ccc1Cl.O=c1c(-c2ccc(Cl)c(O)c2)c(Cl)n2n1CCCC2. The summed E-state index contributed by atoms with van der Waals surface area (Å²) in [7, 11) is 0. The Balaban J connectivity index is 0.000000166. The maximum Gasteiger partial charge on any atom is 0.276 e. The highest BCUT2D eigenvalue weighted by Gasteiger charge is 2.23. The van der Waals surface area contributed by atoms with Gasteiger partial charge in [-0.3, -0.25) is 19.0 Å².